The number of amides is 1. The first-order valence-electron chi connectivity index (χ1n) is 7.96. The molecule has 1 aliphatic rings. The molecule has 1 amide bonds. The Kier molecular flexibility index (Phi) is 4.98. The molecule has 5 heteroatoms. The Hall–Kier alpha value is -1.85. The van der Waals surface area contributed by atoms with Crippen LogP contribution in [0.15, 0.2) is 36.4 Å². The van der Waals surface area contributed by atoms with Gasteiger partial charge in [-0.15, -0.1) is 11.3 Å². The minimum Gasteiger partial charge on any atom is -0.495 e. The molecule has 23 heavy (non-hydrogen) atoms. The molecule has 1 aromatic carbocycles. The second-order valence-corrected chi connectivity index (χ2v) is 6.89. The van der Waals surface area contributed by atoms with Crippen molar-refractivity contribution in [3.05, 3.63) is 41.3 Å². The molecule has 2 N–H and O–H groups in total. The second kappa shape index (κ2) is 7.15. The molecule has 2 atom stereocenters. The van der Waals surface area contributed by atoms with Gasteiger partial charge in [-0.3, -0.25) is 4.79 Å². The summed E-state index contributed by atoms with van der Waals surface area (Å²) in [5, 5.41) is 6.56. The van der Waals surface area contributed by atoms with Gasteiger partial charge in [-0.2, -0.15) is 0 Å². The first-order valence-corrected chi connectivity index (χ1v) is 8.78. The third-order valence-corrected chi connectivity index (χ3v) is 5.42. The van der Waals surface area contributed by atoms with Crippen molar-refractivity contribution >= 4 is 17.2 Å². The van der Waals surface area contributed by atoms with Crippen LogP contribution in [0.1, 0.15) is 29.4 Å². The zero-order valence-corrected chi connectivity index (χ0v) is 14.3. The Balaban J connectivity index is 1.81. The molecular formula is C18H22N2O2S. The van der Waals surface area contributed by atoms with Crippen LogP contribution in [-0.4, -0.2) is 31.6 Å². The fraction of sp³-hybridized carbons (Fsp3) is 0.389. The van der Waals surface area contributed by atoms with E-state index in [1.54, 1.807) is 7.11 Å². The first kappa shape index (κ1) is 16.0. The minimum absolute atomic E-state index is 0.0467. The van der Waals surface area contributed by atoms with Crippen molar-refractivity contribution < 1.29 is 9.53 Å². The third-order valence-electron chi connectivity index (χ3n) is 4.26. The van der Waals surface area contributed by atoms with E-state index in [1.807, 2.05) is 36.4 Å². The van der Waals surface area contributed by atoms with Crippen LogP contribution in [0.4, 0.5) is 0 Å². The fourth-order valence-electron chi connectivity index (χ4n) is 2.90. The van der Waals surface area contributed by atoms with Gasteiger partial charge in [0.1, 0.15) is 10.6 Å². The summed E-state index contributed by atoms with van der Waals surface area (Å²) < 4.78 is 5.42. The summed E-state index contributed by atoms with van der Waals surface area (Å²) in [6.45, 7) is 3.14. The highest BCUT2D eigenvalue weighted by molar-refractivity contribution is 7.17. The molecule has 4 nitrogen and oxygen atoms in total. The van der Waals surface area contributed by atoms with Gasteiger partial charge in [0.05, 0.1) is 7.11 Å². The molecule has 2 aromatic rings. The molecule has 2 unspecified atom stereocenters. The lowest BCUT2D eigenvalue weighted by Gasteiger charge is -2.30. The molecule has 0 aliphatic carbocycles. The van der Waals surface area contributed by atoms with Crippen molar-refractivity contribution in [3.63, 3.8) is 0 Å². The number of thiophene rings is 1. The van der Waals surface area contributed by atoms with Crippen LogP contribution < -0.4 is 15.4 Å². The van der Waals surface area contributed by atoms with E-state index in [2.05, 4.69) is 17.6 Å². The van der Waals surface area contributed by atoms with Crippen LogP contribution in [0, 0.1) is 0 Å². The second-order valence-electron chi connectivity index (χ2n) is 5.84. The van der Waals surface area contributed by atoms with Crippen LogP contribution >= 0.6 is 11.3 Å². The third kappa shape index (κ3) is 3.57. The number of nitrogens with one attached hydrogen (secondary N) is 2. The summed E-state index contributed by atoms with van der Waals surface area (Å²) in [7, 11) is 1.61. The molecule has 122 valence electrons. The quantitative estimate of drug-likeness (QED) is 0.904. The molecular weight excluding hydrogens is 308 g/mol. The largest absolute Gasteiger partial charge is 0.495 e. The van der Waals surface area contributed by atoms with Gasteiger partial charge >= 0.3 is 0 Å². The Morgan fingerprint density at radius 2 is 2.13 bits per heavy atom. The highest BCUT2D eigenvalue weighted by atomic mass is 32.1. The summed E-state index contributed by atoms with van der Waals surface area (Å²) in [6, 6.07) is 12.5. The average Bonchev–Trinajstić information content (AvgIpc) is 3.02. The normalized spacial score (nSPS) is 21.0. The number of benzene rings is 1. The Bertz CT molecular complexity index is 669. The van der Waals surface area contributed by atoms with Crippen molar-refractivity contribution in [2.75, 3.05) is 13.7 Å². The van der Waals surface area contributed by atoms with Crippen molar-refractivity contribution in [2.24, 2.45) is 0 Å². The smallest absolute Gasteiger partial charge is 0.265 e. The van der Waals surface area contributed by atoms with Gasteiger partial charge in [0.15, 0.2) is 0 Å². The predicted molar refractivity (Wildman–Crippen MR) is 94.3 cm³/mol. The van der Waals surface area contributed by atoms with Crippen LogP contribution in [-0.2, 0) is 0 Å². The predicted octanol–water partition coefficient (Wildman–Crippen LogP) is 3.29. The summed E-state index contributed by atoms with van der Waals surface area (Å²) >= 11 is 1.48. The Morgan fingerprint density at radius 3 is 2.83 bits per heavy atom. The van der Waals surface area contributed by atoms with Crippen LogP contribution in [0.3, 0.4) is 0 Å². The Morgan fingerprint density at radius 1 is 1.35 bits per heavy atom. The number of ether oxygens (including phenoxy) is 1. The van der Waals surface area contributed by atoms with Gasteiger partial charge in [0.2, 0.25) is 0 Å². The van der Waals surface area contributed by atoms with E-state index in [4.69, 9.17) is 4.74 Å². The molecule has 1 aromatic heterocycles. The lowest BCUT2D eigenvalue weighted by atomic mass is 10.00. The van der Waals surface area contributed by atoms with E-state index < -0.39 is 0 Å². The van der Waals surface area contributed by atoms with E-state index in [0.717, 1.165) is 29.8 Å². The molecule has 1 saturated heterocycles. The molecule has 0 saturated carbocycles. The van der Waals surface area contributed by atoms with E-state index in [0.29, 0.717) is 16.7 Å². The zero-order chi connectivity index (χ0) is 16.2. The first-order chi connectivity index (χ1) is 11.2. The van der Waals surface area contributed by atoms with E-state index in [9.17, 15) is 4.79 Å². The van der Waals surface area contributed by atoms with Crippen LogP contribution in [0.2, 0.25) is 0 Å². The van der Waals surface area contributed by atoms with Crippen molar-refractivity contribution in [1.82, 2.24) is 10.6 Å². The van der Waals surface area contributed by atoms with E-state index in [1.165, 1.54) is 11.3 Å². The lowest BCUT2D eigenvalue weighted by Crippen LogP contribution is -2.51. The number of hydrogen-bond acceptors (Lipinski definition) is 4. The van der Waals surface area contributed by atoms with Crippen LogP contribution in [0.5, 0.6) is 5.75 Å². The maximum Gasteiger partial charge on any atom is 0.265 e. The molecule has 1 aliphatic heterocycles. The summed E-state index contributed by atoms with van der Waals surface area (Å²) in [5.41, 5.74) is 1.10. The van der Waals surface area contributed by atoms with Crippen molar-refractivity contribution in [3.8, 4) is 16.2 Å². The number of carbonyl (C=O) groups excluding carboxylic acids is 1. The van der Waals surface area contributed by atoms with Gasteiger partial charge in [-0.1, -0.05) is 30.3 Å². The SMILES string of the molecule is COc1cc(-c2ccccc2)sc1C(=O)NC1CCCNC1C. The maximum atomic E-state index is 12.7. The van der Waals surface area contributed by atoms with Gasteiger partial charge < -0.3 is 15.4 Å². The topological polar surface area (TPSA) is 50.4 Å². The zero-order valence-electron chi connectivity index (χ0n) is 13.5. The maximum absolute atomic E-state index is 12.7. The average molecular weight is 330 g/mol. The van der Waals surface area contributed by atoms with Gasteiger partial charge in [0.25, 0.3) is 5.91 Å². The van der Waals surface area contributed by atoms with Crippen LogP contribution in [0.25, 0.3) is 10.4 Å². The van der Waals surface area contributed by atoms with Gasteiger partial charge in [-0.25, -0.2) is 0 Å². The standard InChI is InChI=1S/C18H22N2O2S/c1-12-14(9-6-10-19-12)20-18(21)17-15(22-2)11-16(23-17)13-7-4-3-5-8-13/h3-5,7-8,11-12,14,19H,6,9-10H2,1-2H3,(H,20,21). The summed E-state index contributed by atoms with van der Waals surface area (Å²) in [5.74, 6) is 0.595. The molecule has 0 radical (unpaired) electrons. The molecule has 1 fully saturated rings. The highest BCUT2D eigenvalue weighted by Crippen LogP contribution is 2.36. The summed E-state index contributed by atoms with van der Waals surface area (Å²) in [6.07, 6.45) is 2.10. The van der Waals surface area contributed by atoms with E-state index in [-0.39, 0.29) is 11.9 Å². The molecule has 0 bridgehead atoms. The molecule has 2 heterocycles. The fourth-order valence-corrected chi connectivity index (χ4v) is 3.94. The van der Waals surface area contributed by atoms with Crippen molar-refractivity contribution in [1.29, 1.82) is 0 Å². The molecule has 0 spiro atoms. The van der Waals surface area contributed by atoms with E-state index >= 15 is 0 Å². The van der Waals surface area contributed by atoms with Gasteiger partial charge in [0, 0.05) is 17.0 Å². The molecule has 3 rings (SSSR count). The number of hydrogen-bond donors (Lipinski definition) is 2. The monoisotopic (exact) mass is 330 g/mol. The Labute approximate surface area is 140 Å². The number of carbonyl (C=O) groups is 1. The number of methoxy groups -OCH3 is 1. The minimum atomic E-state index is -0.0467. The lowest BCUT2D eigenvalue weighted by molar-refractivity contribution is 0.0921. The number of piperidine rings is 1. The highest BCUT2D eigenvalue weighted by Gasteiger charge is 2.25. The number of rotatable bonds is 4. The van der Waals surface area contributed by atoms with Crippen molar-refractivity contribution in [2.45, 2.75) is 31.8 Å². The van der Waals surface area contributed by atoms with Gasteiger partial charge in [-0.05, 0) is 37.9 Å². The summed E-state index contributed by atoms with van der Waals surface area (Å²) in [4.78, 5) is 14.4.